The lowest BCUT2D eigenvalue weighted by atomic mass is 10.2. The van der Waals surface area contributed by atoms with E-state index >= 15 is 0 Å². The molecule has 3 N–H and O–H groups in total. The highest BCUT2D eigenvalue weighted by atomic mass is 16.1. The summed E-state index contributed by atoms with van der Waals surface area (Å²) >= 11 is 0. The van der Waals surface area contributed by atoms with Crippen LogP contribution in [0.4, 0.5) is 11.5 Å². The summed E-state index contributed by atoms with van der Waals surface area (Å²) in [6, 6.07) is 1.76. The van der Waals surface area contributed by atoms with Crippen LogP contribution in [0.2, 0.25) is 0 Å². The Labute approximate surface area is 105 Å². The van der Waals surface area contributed by atoms with E-state index in [9.17, 15) is 4.79 Å². The molecule has 0 saturated carbocycles. The van der Waals surface area contributed by atoms with E-state index in [0.717, 1.165) is 5.56 Å². The SMILES string of the molecule is Cc1cc(N)cnc1NC(=O)c1cn(C)nc1C. The maximum atomic E-state index is 12.0. The lowest BCUT2D eigenvalue weighted by Gasteiger charge is -2.07. The number of aryl methyl sites for hydroxylation is 3. The van der Waals surface area contributed by atoms with Gasteiger partial charge in [0.25, 0.3) is 5.91 Å². The molecule has 1 amide bonds. The van der Waals surface area contributed by atoms with Gasteiger partial charge >= 0.3 is 0 Å². The third-order valence-electron chi connectivity index (χ3n) is 2.59. The molecule has 2 rings (SSSR count). The van der Waals surface area contributed by atoms with E-state index in [2.05, 4.69) is 15.4 Å². The zero-order valence-electron chi connectivity index (χ0n) is 10.6. The van der Waals surface area contributed by atoms with Crippen molar-refractivity contribution >= 4 is 17.4 Å². The average Bonchev–Trinajstić information content (AvgIpc) is 2.62. The molecule has 0 saturated heterocycles. The van der Waals surface area contributed by atoms with Gasteiger partial charge in [-0.05, 0) is 25.5 Å². The highest BCUT2D eigenvalue weighted by Gasteiger charge is 2.14. The third kappa shape index (κ3) is 2.32. The van der Waals surface area contributed by atoms with E-state index in [1.165, 1.54) is 6.20 Å². The number of carbonyl (C=O) groups excluding carboxylic acids is 1. The third-order valence-corrected chi connectivity index (χ3v) is 2.59. The van der Waals surface area contributed by atoms with Gasteiger partial charge in [0.15, 0.2) is 0 Å². The second-order valence-corrected chi connectivity index (χ2v) is 4.19. The molecule has 0 unspecified atom stereocenters. The normalized spacial score (nSPS) is 10.4. The largest absolute Gasteiger partial charge is 0.397 e. The predicted octanol–water partition coefficient (Wildman–Crippen LogP) is 1.27. The van der Waals surface area contributed by atoms with Crippen molar-refractivity contribution in [2.24, 2.45) is 7.05 Å². The Hall–Kier alpha value is -2.37. The molecular weight excluding hydrogens is 230 g/mol. The molecule has 0 aliphatic heterocycles. The van der Waals surface area contributed by atoms with Gasteiger partial charge in [-0.25, -0.2) is 4.98 Å². The number of hydrogen-bond donors (Lipinski definition) is 2. The van der Waals surface area contributed by atoms with Crippen molar-refractivity contribution in [3.05, 3.63) is 35.3 Å². The summed E-state index contributed by atoms with van der Waals surface area (Å²) in [5.74, 6) is 0.290. The van der Waals surface area contributed by atoms with Crippen molar-refractivity contribution < 1.29 is 4.79 Å². The summed E-state index contributed by atoms with van der Waals surface area (Å²) in [6.07, 6.45) is 3.19. The molecule has 2 aromatic rings. The van der Waals surface area contributed by atoms with Crippen LogP contribution < -0.4 is 11.1 Å². The van der Waals surface area contributed by atoms with Gasteiger partial charge in [-0.2, -0.15) is 5.10 Å². The quantitative estimate of drug-likeness (QED) is 0.834. The minimum Gasteiger partial charge on any atom is -0.397 e. The Balaban J connectivity index is 2.24. The van der Waals surface area contributed by atoms with Gasteiger partial charge in [0.2, 0.25) is 0 Å². The van der Waals surface area contributed by atoms with Crippen molar-refractivity contribution in [3.8, 4) is 0 Å². The molecule has 6 nitrogen and oxygen atoms in total. The standard InChI is InChI=1S/C12H15N5O/c1-7-4-9(13)5-14-11(7)15-12(18)10-6-17(3)16-8(10)2/h4-6H,13H2,1-3H3,(H,14,15,18). The van der Waals surface area contributed by atoms with Gasteiger partial charge in [0, 0.05) is 13.2 Å². The topological polar surface area (TPSA) is 85.8 Å². The molecular formula is C12H15N5O. The van der Waals surface area contributed by atoms with Gasteiger partial charge in [-0.1, -0.05) is 0 Å². The second-order valence-electron chi connectivity index (χ2n) is 4.19. The molecule has 2 aromatic heterocycles. The first-order chi connectivity index (χ1) is 8.47. The highest BCUT2D eigenvalue weighted by molar-refractivity contribution is 6.04. The van der Waals surface area contributed by atoms with E-state index < -0.39 is 0 Å². The van der Waals surface area contributed by atoms with Crippen LogP contribution in [0.25, 0.3) is 0 Å². The van der Waals surface area contributed by atoms with Gasteiger partial charge in [-0.3, -0.25) is 9.48 Å². The fourth-order valence-corrected chi connectivity index (χ4v) is 1.72. The van der Waals surface area contributed by atoms with Crippen molar-refractivity contribution in [2.45, 2.75) is 13.8 Å². The van der Waals surface area contributed by atoms with E-state index in [1.54, 1.807) is 30.9 Å². The first kappa shape index (κ1) is 12.1. The highest BCUT2D eigenvalue weighted by Crippen LogP contribution is 2.15. The second kappa shape index (κ2) is 4.48. The number of rotatable bonds is 2. The zero-order valence-corrected chi connectivity index (χ0v) is 10.6. The number of nitrogen functional groups attached to an aromatic ring is 1. The molecule has 0 bridgehead atoms. The number of amides is 1. The maximum absolute atomic E-state index is 12.0. The van der Waals surface area contributed by atoms with Crippen LogP contribution in [0.3, 0.4) is 0 Å². The maximum Gasteiger partial charge on any atom is 0.260 e. The van der Waals surface area contributed by atoms with Crippen molar-refractivity contribution in [1.82, 2.24) is 14.8 Å². The number of carbonyl (C=O) groups is 1. The summed E-state index contributed by atoms with van der Waals surface area (Å²) in [5.41, 5.74) is 8.23. The van der Waals surface area contributed by atoms with Crippen LogP contribution in [0.15, 0.2) is 18.5 Å². The van der Waals surface area contributed by atoms with Crippen LogP contribution in [0.5, 0.6) is 0 Å². The summed E-state index contributed by atoms with van der Waals surface area (Å²) in [5, 5.41) is 6.87. The van der Waals surface area contributed by atoms with E-state index in [4.69, 9.17) is 5.73 Å². The van der Waals surface area contributed by atoms with Crippen molar-refractivity contribution in [1.29, 1.82) is 0 Å². The molecule has 0 aromatic carbocycles. The minimum atomic E-state index is -0.221. The van der Waals surface area contributed by atoms with Crippen LogP contribution in [0, 0.1) is 13.8 Å². The number of aromatic nitrogens is 3. The molecule has 6 heteroatoms. The molecule has 0 aliphatic rings. The Morgan fingerprint density at radius 2 is 2.17 bits per heavy atom. The number of anilines is 2. The average molecular weight is 245 g/mol. The Morgan fingerprint density at radius 3 is 2.72 bits per heavy atom. The van der Waals surface area contributed by atoms with Crippen LogP contribution in [-0.2, 0) is 7.05 Å². The fraction of sp³-hybridized carbons (Fsp3) is 0.250. The number of pyridine rings is 1. The first-order valence-corrected chi connectivity index (χ1v) is 5.51. The minimum absolute atomic E-state index is 0.221. The molecule has 0 fully saturated rings. The lowest BCUT2D eigenvalue weighted by Crippen LogP contribution is -2.14. The smallest absolute Gasteiger partial charge is 0.260 e. The Kier molecular flexibility index (Phi) is 3.01. The number of nitrogens with one attached hydrogen (secondary N) is 1. The van der Waals surface area contributed by atoms with E-state index in [1.807, 2.05) is 6.92 Å². The van der Waals surface area contributed by atoms with Crippen molar-refractivity contribution in [3.63, 3.8) is 0 Å². The monoisotopic (exact) mass is 245 g/mol. The number of nitrogens with zero attached hydrogens (tertiary/aromatic N) is 3. The zero-order chi connectivity index (χ0) is 13.3. The van der Waals surface area contributed by atoms with Gasteiger partial charge < -0.3 is 11.1 Å². The fourth-order valence-electron chi connectivity index (χ4n) is 1.72. The van der Waals surface area contributed by atoms with Crippen LogP contribution >= 0.6 is 0 Å². The summed E-state index contributed by atoms with van der Waals surface area (Å²) < 4.78 is 1.60. The summed E-state index contributed by atoms with van der Waals surface area (Å²) in [4.78, 5) is 16.1. The Bertz CT molecular complexity index is 603. The van der Waals surface area contributed by atoms with Gasteiger partial charge in [0.05, 0.1) is 23.1 Å². The molecule has 0 spiro atoms. The predicted molar refractivity (Wildman–Crippen MR) is 69.3 cm³/mol. The summed E-state index contributed by atoms with van der Waals surface area (Å²) in [6.45, 7) is 3.63. The van der Waals surface area contributed by atoms with Crippen LogP contribution in [0.1, 0.15) is 21.6 Å². The molecule has 94 valence electrons. The first-order valence-electron chi connectivity index (χ1n) is 5.51. The summed E-state index contributed by atoms with van der Waals surface area (Å²) in [7, 11) is 1.77. The van der Waals surface area contributed by atoms with Crippen molar-refractivity contribution in [2.75, 3.05) is 11.1 Å². The van der Waals surface area contributed by atoms with E-state index in [0.29, 0.717) is 22.8 Å². The lowest BCUT2D eigenvalue weighted by molar-refractivity contribution is 0.102. The molecule has 18 heavy (non-hydrogen) atoms. The molecule has 0 atom stereocenters. The van der Waals surface area contributed by atoms with Gasteiger partial charge in [-0.15, -0.1) is 0 Å². The van der Waals surface area contributed by atoms with Gasteiger partial charge in [0.1, 0.15) is 5.82 Å². The van der Waals surface area contributed by atoms with Crippen LogP contribution in [-0.4, -0.2) is 20.7 Å². The van der Waals surface area contributed by atoms with E-state index in [-0.39, 0.29) is 5.91 Å². The number of hydrogen-bond acceptors (Lipinski definition) is 4. The molecule has 0 aliphatic carbocycles. The number of nitrogens with two attached hydrogens (primary N) is 1. The Morgan fingerprint density at radius 1 is 1.44 bits per heavy atom. The molecule has 2 heterocycles. The molecule has 0 radical (unpaired) electrons.